The second kappa shape index (κ2) is 63.1. The van der Waals surface area contributed by atoms with Gasteiger partial charge in [-0.2, -0.15) is 0 Å². The zero-order valence-electron chi connectivity index (χ0n) is 47.8. The third-order valence-corrected chi connectivity index (χ3v) is 12.6. The molecule has 0 bridgehead atoms. The third kappa shape index (κ3) is 60.3. The molecule has 1 N–H and O–H groups in total. The molecule has 0 aliphatic rings. The molecule has 0 fully saturated rings. The van der Waals surface area contributed by atoms with Gasteiger partial charge in [0.1, 0.15) is 6.61 Å². The lowest BCUT2D eigenvalue weighted by Gasteiger charge is -2.15. The van der Waals surface area contributed by atoms with Crippen molar-refractivity contribution in [1.29, 1.82) is 0 Å². The molecule has 0 aromatic rings. The SMILES string of the molecule is CC/C=C\C/C=C\C/C=C\C/C=C\C/C=C\C/C=C\C/C=C\CCCCCCCCCCCCCCCC(=O)OC(CO)COC(=O)CCCCCCCCCCC/C=C\C/C=C\C/C=C\C/C=C\C/C=C\CC. The number of unbranched alkanes of at least 4 members (excludes halogenated alkanes) is 22. The molecular weight excluding hydrogens is 909 g/mol. The lowest BCUT2D eigenvalue weighted by molar-refractivity contribution is -0.161. The molecule has 0 radical (unpaired) electrons. The molecule has 5 heteroatoms. The van der Waals surface area contributed by atoms with Crippen LogP contribution in [0.2, 0.25) is 0 Å². The van der Waals surface area contributed by atoms with Gasteiger partial charge in [0.25, 0.3) is 0 Å². The van der Waals surface area contributed by atoms with Crippen LogP contribution in [0.25, 0.3) is 0 Å². The lowest BCUT2D eigenvalue weighted by Crippen LogP contribution is -2.28. The van der Waals surface area contributed by atoms with E-state index in [2.05, 4.69) is 160 Å². The van der Waals surface area contributed by atoms with Gasteiger partial charge in [0, 0.05) is 12.8 Å². The molecule has 0 amide bonds. The van der Waals surface area contributed by atoms with Crippen molar-refractivity contribution in [3.63, 3.8) is 0 Å². The third-order valence-electron chi connectivity index (χ3n) is 12.6. The fourth-order valence-electron chi connectivity index (χ4n) is 8.15. The number of carbonyl (C=O) groups is 2. The monoisotopic (exact) mass is 1020 g/mol. The van der Waals surface area contributed by atoms with E-state index in [1.165, 1.54) is 116 Å². The fraction of sp³-hybridized carbons (Fsp3) is 0.623. The van der Waals surface area contributed by atoms with Gasteiger partial charge in [-0.25, -0.2) is 0 Å². The maximum atomic E-state index is 12.3. The molecule has 0 heterocycles. The molecule has 0 aromatic heterocycles. The summed E-state index contributed by atoms with van der Waals surface area (Å²) in [5.74, 6) is -0.603. The number of allylic oxidation sites excluding steroid dienone is 24. The Kier molecular flexibility index (Phi) is 59.5. The van der Waals surface area contributed by atoms with Crippen molar-refractivity contribution in [3.05, 3.63) is 146 Å². The van der Waals surface area contributed by atoms with Gasteiger partial charge in [-0.05, 0) is 116 Å². The molecule has 1 atom stereocenters. The summed E-state index contributed by atoms with van der Waals surface area (Å²) in [4.78, 5) is 24.6. The summed E-state index contributed by atoms with van der Waals surface area (Å²) in [7, 11) is 0. The molecule has 1 unspecified atom stereocenters. The second-order valence-electron chi connectivity index (χ2n) is 19.7. The van der Waals surface area contributed by atoms with Crippen LogP contribution in [0.15, 0.2) is 146 Å². The van der Waals surface area contributed by atoms with Crippen LogP contribution < -0.4 is 0 Å². The number of aliphatic hydroxyl groups excluding tert-OH is 1. The van der Waals surface area contributed by atoms with E-state index in [1.54, 1.807) is 0 Å². The first-order valence-corrected chi connectivity index (χ1v) is 30.4. The molecule has 0 aromatic carbocycles. The van der Waals surface area contributed by atoms with Crippen LogP contribution in [-0.2, 0) is 19.1 Å². The zero-order valence-corrected chi connectivity index (χ0v) is 47.8. The number of ether oxygens (including phenoxy) is 2. The first kappa shape index (κ1) is 69.8. The van der Waals surface area contributed by atoms with Crippen molar-refractivity contribution in [3.8, 4) is 0 Å². The van der Waals surface area contributed by atoms with Gasteiger partial charge in [-0.15, -0.1) is 0 Å². The maximum Gasteiger partial charge on any atom is 0.306 e. The number of carbonyl (C=O) groups excluding carboxylic acids is 2. The molecule has 0 spiro atoms. The molecule has 0 saturated heterocycles. The molecular formula is C69H112O5. The maximum absolute atomic E-state index is 12.3. The highest BCUT2D eigenvalue weighted by Gasteiger charge is 2.16. The first-order chi connectivity index (χ1) is 36.6. The summed E-state index contributed by atoms with van der Waals surface area (Å²) in [6.45, 7) is 3.91. The van der Waals surface area contributed by atoms with Crippen molar-refractivity contribution in [1.82, 2.24) is 0 Å². The largest absolute Gasteiger partial charge is 0.462 e. The van der Waals surface area contributed by atoms with Crippen LogP contribution in [0.5, 0.6) is 0 Å². The van der Waals surface area contributed by atoms with Crippen LogP contribution in [-0.4, -0.2) is 36.4 Å². The quantitative estimate of drug-likeness (QED) is 0.0373. The lowest BCUT2D eigenvalue weighted by atomic mass is 10.0. The number of esters is 2. The van der Waals surface area contributed by atoms with Crippen molar-refractivity contribution in [2.75, 3.05) is 13.2 Å². The minimum Gasteiger partial charge on any atom is -0.462 e. The molecule has 74 heavy (non-hydrogen) atoms. The number of hydrogen-bond donors (Lipinski definition) is 1. The zero-order chi connectivity index (χ0) is 53.4. The fourth-order valence-corrected chi connectivity index (χ4v) is 8.15. The Morgan fingerprint density at radius 2 is 0.541 bits per heavy atom. The Morgan fingerprint density at radius 1 is 0.311 bits per heavy atom. The van der Waals surface area contributed by atoms with Crippen molar-refractivity contribution < 1.29 is 24.2 Å². The van der Waals surface area contributed by atoms with Gasteiger partial charge < -0.3 is 14.6 Å². The van der Waals surface area contributed by atoms with Gasteiger partial charge in [-0.3, -0.25) is 9.59 Å². The van der Waals surface area contributed by atoms with Gasteiger partial charge in [0.15, 0.2) is 6.10 Å². The van der Waals surface area contributed by atoms with Gasteiger partial charge >= 0.3 is 11.9 Å². The molecule has 0 aliphatic carbocycles. The van der Waals surface area contributed by atoms with E-state index in [0.717, 1.165) is 116 Å². The first-order valence-electron chi connectivity index (χ1n) is 30.4. The molecule has 5 nitrogen and oxygen atoms in total. The summed E-state index contributed by atoms with van der Waals surface area (Å²) in [5, 5.41) is 9.67. The Hall–Kier alpha value is -4.22. The van der Waals surface area contributed by atoms with E-state index in [4.69, 9.17) is 9.47 Å². The van der Waals surface area contributed by atoms with E-state index in [0.29, 0.717) is 12.8 Å². The number of rotatable bonds is 54. The predicted octanol–water partition coefficient (Wildman–Crippen LogP) is 21.0. The topological polar surface area (TPSA) is 72.8 Å². The number of hydrogen-bond acceptors (Lipinski definition) is 5. The Bertz CT molecular complexity index is 1580. The van der Waals surface area contributed by atoms with Crippen LogP contribution >= 0.6 is 0 Å². The Morgan fingerprint density at radius 3 is 0.811 bits per heavy atom. The normalized spacial score (nSPS) is 13.3. The minimum absolute atomic E-state index is 0.0768. The highest BCUT2D eigenvalue weighted by Crippen LogP contribution is 2.15. The predicted molar refractivity (Wildman–Crippen MR) is 324 cm³/mol. The summed E-state index contributed by atoms with van der Waals surface area (Å²) in [6, 6.07) is 0. The highest BCUT2D eigenvalue weighted by atomic mass is 16.6. The van der Waals surface area contributed by atoms with Crippen molar-refractivity contribution >= 4 is 11.9 Å². The molecule has 0 saturated carbocycles. The summed E-state index contributed by atoms with van der Waals surface area (Å²) in [6.07, 6.45) is 95.4. The van der Waals surface area contributed by atoms with Crippen LogP contribution in [0.4, 0.5) is 0 Å². The number of aliphatic hydroxyl groups is 1. The van der Waals surface area contributed by atoms with Crippen LogP contribution in [0, 0.1) is 0 Å². The Labute approximate surface area is 457 Å². The van der Waals surface area contributed by atoms with E-state index in [1.807, 2.05) is 0 Å². The van der Waals surface area contributed by atoms with E-state index in [9.17, 15) is 14.7 Å². The second-order valence-corrected chi connectivity index (χ2v) is 19.7. The summed E-state index contributed by atoms with van der Waals surface area (Å²) < 4.78 is 10.7. The average molecular weight is 1020 g/mol. The van der Waals surface area contributed by atoms with Crippen molar-refractivity contribution in [2.24, 2.45) is 0 Å². The minimum atomic E-state index is -0.786. The van der Waals surface area contributed by atoms with E-state index in [-0.39, 0.29) is 25.2 Å². The summed E-state index contributed by atoms with van der Waals surface area (Å²) in [5.41, 5.74) is 0. The van der Waals surface area contributed by atoms with E-state index < -0.39 is 6.10 Å². The van der Waals surface area contributed by atoms with Gasteiger partial charge in [0.2, 0.25) is 0 Å². The molecule has 0 aliphatic heterocycles. The summed E-state index contributed by atoms with van der Waals surface area (Å²) >= 11 is 0. The van der Waals surface area contributed by atoms with Crippen LogP contribution in [0.3, 0.4) is 0 Å². The van der Waals surface area contributed by atoms with Gasteiger partial charge in [0.05, 0.1) is 6.61 Å². The standard InChI is InChI=1S/C69H112O5/c1-3-5-7-9-11-13-15-17-19-21-23-25-27-29-30-31-32-33-34-35-36-37-38-40-42-44-46-48-50-52-54-56-58-60-62-64-69(72)74-67(65-70)66-73-68(71)63-61-59-57-55-53-51-49-47-45-43-41-39-28-26-24-22-20-18-16-14-12-10-8-6-4-2/h5-8,11-14,17-20,23-26,29-30,32-33,35-36,39,41,67,70H,3-4,9-10,15-16,21-22,27-28,31,34,37-38,40,42-66H2,1-2H3/b7-5-,8-6-,13-11-,14-12-,19-17-,20-18-,25-23-,26-24-,30-29-,33-32-,36-35-,41-39-. The molecule has 418 valence electrons. The Balaban J connectivity index is 3.54. The van der Waals surface area contributed by atoms with E-state index >= 15 is 0 Å². The van der Waals surface area contributed by atoms with Crippen molar-refractivity contribution in [2.45, 2.75) is 264 Å². The van der Waals surface area contributed by atoms with Crippen LogP contribution in [0.1, 0.15) is 258 Å². The smallest absolute Gasteiger partial charge is 0.306 e. The average Bonchev–Trinajstić information content (AvgIpc) is 3.40. The van der Waals surface area contributed by atoms with Gasteiger partial charge in [-0.1, -0.05) is 275 Å². The molecule has 0 rings (SSSR count). The highest BCUT2D eigenvalue weighted by molar-refractivity contribution is 5.70.